The van der Waals surface area contributed by atoms with E-state index >= 15 is 0 Å². The van der Waals surface area contributed by atoms with Crippen molar-refractivity contribution in [1.82, 2.24) is 4.90 Å². The Morgan fingerprint density at radius 1 is 1.33 bits per heavy atom. The standard InChI is InChI=1S/C17H25N3O/c1-20(2)17(21)15-9-8-14(18)12-16(15)19-11-10-13-6-4-3-5-7-13/h6,8-9,12,19H,3-5,7,10-11,18H2,1-2H3. The summed E-state index contributed by atoms with van der Waals surface area (Å²) in [6.07, 6.45) is 8.42. The summed E-state index contributed by atoms with van der Waals surface area (Å²) in [6.45, 7) is 0.836. The highest BCUT2D eigenvalue weighted by Crippen LogP contribution is 2.23. The molecule has 0 heterocycles. The van der Waals surface area contributed by atoms with E-state index in [1.165, 1.54) is 31.3 Å². The van der Waals surface area contributed by atoms with Gasteiger partial charge in [0.25, 0.3) is 5.91 Å². The van der Waals surface area contributed by atoms with Crippen LogP contribution < -0.4 is 11.1 Å². The minimum atomic E-state index is -0.00520. The van der Waals surface area contributed by atoms with Gasteiger partial charge in [-0.15, -0.1) is 0 Å². The summed E-state index contributed by atoms with van der Waals surface area (Å²) in [4.78, 5) is 13.8. The van der Waals surface area contributed by atoms with Crippen LogP contribution in [0.5, 0.6) is 0 Å². The molecule has 114 valence electrons. The Morgan fingerprint density at radius 2 is 2.14 bits per heavy atom. The number of rotatable bonds is 5. The fourth-order valence-corrected chi connectivity index (χ4v) is 2.62. The summed E-state index contributed by atoms with van der Waals surface area (Å²) in [5.41, 5.74) is 9.54. The van der Waals surface area contributed by atoms with Gasteiger partial charge in [-0.25, -0.2) is 0 Å². The van der Waals surface area contributed by atoms with Crippen LogP contribution in [0.3, 0.4) is 0 Å². The first-order valence-electron chi connectivity index (χ1n) is 7.61. The number of allylic oxidation sites excluding steroid dienone is 1. The summed E-state index contributed by atoms with van der Waals surface area (Å²) in [6, 6.07) is 5.40. The molecule has 0 fully saturated rings. The second kappa shape index (κ2) is 7.16. The largest absolute Gasteiger partial charge is 0.399 e. The Bertz CT molecular complexity index is 535. The van der Waals surface area contributed by atoms with E-state index in [-0.39, 0.29) is 5.91 Å². The van der Waals surface area contributed by atoms with E-state index in [4.69, 9.17) is 5.73 Å². The molecule has 3 N–H and O–H groups in total. The molecule has 4 nitrogen and oxygen atoms in total. The lowest BCUT2D eigenvalue weighted by Gasteiger charge is -2.17. The van der Waals surface area contributed by atoms with Crippen molar-refractivity contribution in [2.75, 3.05) is 31.7 Å². The fourth-order valence-electron chi connectivity index (χ4n) is 2.62. The Hall–Kier alpha value is -1.97. The number of nitrogen functional groups attached to an aromatic ring is 1. The first-order valence-corrected chi connectivity index (χ1v) is 7.61. The Kier molecular flexibility index (Phi) is 5.26. The summed E-state index contributed by atoms with van der Waals surface area (Å²) < 4.78 is 0. The summed E-state index contributed by atoms with van der Waals surface area (Å²) in [5, 5.41) is 3.37. The summed E-state index contributed by atoms with van der Waals surface area (Å²) in [7, 11) is 3.52. The molecule has 0 bridgehead atoms. The van der Waals surface area contributed by atoms with Gasteiger partial charge in [-0.2, -0.15) is 0 Å². The van der Waals surface area contributed by atoms with Crippen molar-refractivity contribution in [3.63, 3.8) is 0 Å². The molecule has 0 radical (unpaired) electrons. The third kappa shape index (κ3) is 4.25. The molecule has 1 aliphatic carbocycles. The van der Waals surface area contributed by atoms with Gasteiger partial charge in [0.15, 0.2) is 0 Å². The van der Waals surface area contributed by atoms with Crippen LogP contribution in [-0.2, 0) is 0 Å². The van der Waals surface area contributed by atoms with Crippen LogP contribution in [0.15, 0.2) is 29.8 Å². The molecule has 1 aromatic rings. The van der Waals surface area contributed by atoms with Crippen LogP contribution in [0.1, 0.15) is 42.5 Å². The number of hydrogen-bond donors (Lipinski definition) is 2. The van der Waals surface area contributed by atoms with Gasteiger partial charge in [-0.3, -0.25) is 4.79 Å². The Balaban J connectivity index is 2.02. The van der Waals surface area contributed by atoms with Gasteiger partial charge in [0.2, 0.25) is 0 Å². The highest BCUT2D eigenvalue weighted by atomic mass is 16.2. The van der Waals surface area contributed by atoms with Gasteiger partial charge >= 0.3 is 0 Å². The van der Waals surface area contributed by atoms with Gasteiger partial charge in [0.05, 0.1) is 5.56 Å². The van der Waals surface area contributed by atoms with Gasteiger partial charge in [-0.05, 0) is 50.3 Å². The smallest absolute Gasteiger partial charge is 0.255 e. The van der Waals surface area contributed by atoms with Crippen LogP contribution in [-0.4, -0.2) is 31.4 Å². The number of carbonyl (C=O) groups is 1. The number of anilines is 2. The monoisotopic (exact) mass is 287 g/mol. The van der Waals surface area contributed by atoms with Crippen LogP contribution in [0.4, 0.5) is 11.4 Å². The number of amides is 1. The summed E-state index contributed by atoms with van der Waals surface area (Å²) >= 11 is 0. The molecule has 2 rings (SSSR count). The molecule has 0 unspecified atom stereocenters. The van der Waals surface area contributed by atoms with Crippen molar-refractivity contribution in [1.29, 1.82) is 0 Å². The lowest BCUT2D eigenvalue weighted by molar-refractivity contribution is 0.0828. The second-order valence-corrected chi connectivity index (χ2v) is 5.79. The number of benzene rings is 1. The van der Waals surface area contributed by atoms with Crippen LogP contribution >= 0.6 is 0 Å². The van der Waals surface area contributed by atoms with Crippen molar-refractivity contribution in [2.45, 2.75) is 32.1 Å². The number of carbonyl (C=O) groups excluding carboxylic acids is 1. The van der Waals surface area contributed by atoms with Gasteiger partial charge in [0.1, 0.15) is 0 Å². The molecule has 4 heteroatoms. The zero-order chi connectivity index (χ0) is 15.2. The van der Waals surface area contributed by atoms with Crippen LogP contribution in [0.2, 0.25) is 0 Å². The maximum Gasteiger partial charge on any atom is 0.255 e. The molecule has 21 heavy (non-hydrogen) atoms. The third-order valence-electron chi connectivity index (χ3n) is 3.83. The lowest BCUT2D eigenvalue weighted by atomic mass is 9.97. The summed E-state index contributed by atoms with van der Waals surface area (Å²) in [5.74, 6) is -0.00520. The molecule has 0 saturated carbocycles. The van der Waals surface area contributed by atoms with Crippen molar-refractivity contribution in [2.24, 2.45) is 0 Å². The van der Waals surface area contributed by atoms with E-state index in [1.54, 1.807) is 31.1 Å². The molecular weight excluding hydrogens is 262 g/mol. The van der Waals surface area contributed by atoms with Crippen molar-refractivity contribution in [3.05, 3.63) is 35.4 Å². The predicted octanol–water partition coefficient (Wildman–Crippen LogP) is 3.27. The SMILES string of the molecule is CN(C)C(=O)c1ccc(N)cc1NCCC1=CCCCC1. The fraction of sp³-hybridized carbons (Fsp3) is 0.471. The number of nitrogens with two attached hydrogens (primary N) is 1. The third-order valence-corrected chi connectivity index (χ3v) is 3.83. The van der Waals surface area contributed by atoms with Crippen molar-refractivity contribution >= 4 is 17.3 Å². The van der Waals surface area contributed by atoms with E-state index < -0.39 is 0 Å². The maximum atomic E-state index is 12.2. The van der Waals surface area contributed by atoms with E-state index in [9.17, 15) is 4.79 Å². The minimum Gasteiger partial charge on any atom is -0.399 e. The number of nitrogens with one attached hydrogen (secondary N) is 1. The molecular formula is C17H25N3O. The van der Waals surface area contributed by atoms with E-state index in [2.05, 4.69) is 11.4 Å². The molecule has 1 amide bonds. The van der Waals surface area contributed by atoms with Gasteiger partial charge in [0, 0.05) is 32.0 Å². The average Bonchev–Trinajstić information content (AvgIpc) is 2.48. The first-order chi connectivity index (χ1) is 10.1. The molecule has 1 aromatic carbocycles. The van der Waals surface area contributed by atoms with Crippen molar-refractivity contribution in [3.8, 4) is 0 Å². The number of hydrogen-bond acceptors (Lipinski definition) is 3. The van der Waals surface area contributed by atoms with Crippen molar-refractivity contribution < 1.29 is 4.79 Å². The van der Waals surface area contributed by atoms with Gasteiger partial charge < -0.3 is 16.0 Å². The molecule has 0 aromatic heterocycles. The van der Waals surface area contributed by atoms with Crippen LogP contribution in [0, 0.1) is 0 Å². The number of nitrogens with zero attached hydrogens (tertiary/aromatic N) is 1. The predicted molar refractivity (Wildman–Crippen MR) is 88.5 cm³/mol. The highest BCUT2D eigenvalue weighted by molar-refractivity contribution is 6.00. The molecule has 1 aliphatic rings. The molecule has 0 atom stereocenters. The Labute approximate surface area is 127 Å². The van der Waals surface area contributed by atoms with Crippen LogP contribution in [0.25, 0.3) is 0 Å². The van der Waals surface area contributed by atoms with E-state index in [0.29, 0.717) is 11.3 Å². The molecule has 0 saturated heterocycles. The van der Waals surface area contributed by atoms with E-state index in [0.717, 1.165) is 18.7 Å². The topological polar surface area (TPSA) is 58.4 Å². The average molecular weight is 287 g/mol. The Morgan fingerprint density at radius 3 is 2.81 bits per heavy atom. The second-order valence-electron chi connectivity index (χ2n) is 5.79. The quantitative estimate of drug-likeness (QED) is 0.645. The minimum absolute atomic E-state index is 0.00520. The first kappa shape index (κ1) is 15.4. The van der Waals surface area contributed by atoms with Gasteiger partial charge in [-0.1, -0.05) is 11.6 Å². The zero-order valence-electron chi connectivity index (χ0n) is 13.0. The normalized spacial score (nSPS) is 14.5. The molecule has 0 spiro atoms. The highest BCUT2D eigenvalue weighted by Gasteiger charge is 2.13. The lowest BCUT2D eigenvalue weighted by Crippen LogP contribution is -2.23. The molecule has 0 aliphatic heterocycles. The van der Waals surface area contributed by atoms with E-state index in [1.807, 2.05) is 6.07 Å². The maximum absolute atomic E-state index is 12.2. The zero-order valence-corrected chi connectivity index (χ0v) is 13.0.